The maximum absolute atomic E-state index is 12.0. The molecule has 0 spiro atoms. The van der Waals surface area contributed by atoms with Crippen LogP contribution in [0.25, 0.3) is 0 Å². The second-order valence-electron chi connectivity index (χ2n) is 4.05. The Morgan fingerprint density at radius 1 is 1.45 bits per heavy atom. The number of rotatable bonds is 6. The van der Waals surface area contributed by atoms with Crippen LogP contribution in [0, 0.1) is 0 Å². The van der Waals surface area contributed by atoms with E-state index in [1.807, 2.05) is 0 Å². The van der Waals surface area contributed by atoms with Crippen LogP contribution >= 0.6 is 0 Å². The van der Waals surface area contributed by atoms with E-state index in [4.69, 9.17) is 9.84 Å². The van der Waals surface area contributed by atoms with E-state index < -0.39 is 10.0 Å². The third-order valence-electron chi connectivity index (χ3n) is 2.67. The van der Waals surface area contributed by atoms with Gasteiger partial charge in [-0.1, -0.05) is 0 Å². The van der Waals surface area contributed by atoms with Gasteiger partial charge in [0.2, 0.25) is 15.9 Å². The number of pyridine rings is 1. The smallest absolute Gasteiger partial charge is 0.242 e. The van der Waals surface area contributed by atoms with Crippen LogP contribution in [-0.2, 0) is 23.2 Å². The minimum atomic E-state index is -3.62. The number of aromatic nitrogens is 2. The van der Waals surface area contributed by atoms with Crippen molar-refractivity contribution in [1.29, 1.82) is 0 Å². The maximum atomic E-state index is 12.0. The number of hydrogen-bond donors (Lipinski definition) is 3. The summed E-state index contributed by atoms with van der Waals surface area (Å²) in [6.45, 7) is -0.113. The van der Waals surface area contributed by atoms with E-state index in [1.165, 1.54) is 19.4 Å². The van der Waals surface area contributed by atoms with Gasteiger partial charge in [0, 0.05) is 30.7 Å². The summed E-state index contributed by atoms with van der Waals surface area (Å²) in [5.74, 6) is 0.422. The quantitative estimate of drug-likeness (QED) is 0.715. The predicted octanol–water partition coefficient (Wildman–Crippen LogP) is 0.389. The summed E-state index contributed by atoms with van der Waals surface area (Å²) >= 11 is 0. The molecule has 2 aromatic heterocycles. The number of ether oxygens (including phenoxy) is 1. The molecule has 0 radical (unpaired) electrons. The first-order chi connectivity index (χ1) is 9.55. The third-order valence-corrected chi connectivity index (χ3v) is 4.05. The summed E-state index contributed by atoms with van der Waals surface area (Å²) in [6.07, 6.45) is 2.88. The Balaban J connectivity index is 2.08. The Kier molecular flexibility index (Phi) is 4.38. The summed E-state index contributed by atoms with van der Waals surface area (Å²) in [4.78, 5) is 6.71. The zero-order chi connectivity index (χ0) is 14.6. The Morgan fingerprint density at radius 2 is 2.25 bits per heavy atom. The van der Waals surface area contributed by atoms with Crippen molar-refractivity contribution in [1.82, 2.24) is 14.7 Å². The molecule has 0 saturated carbocycles. The Bertz CT molecular complexity index is 682. The van der Waals surface area contributed by atoms with Gasteiger partial charge in [-0.05, 0) is 17.7 Å². The van der Waals surface area contributed by atoms with Crippen molar-refractivity contribution in [3.05, 3.63) is 41.9 Å². The maximum Gasteiger partial charge on any atom is 0.242 e. The fourth-order valence-electron chi connectivity index (χ4n) is 1.60. The fraction of sp³-hybridized carbons (Fsp3) is 0.250. The van der Waals surface area contributed by atoms with E-state index in [1.54, 1.807) is 18.3 Å². The molecule has 0 aliphatic heterocycles. The molecular weight excluding hydrogens is 282 g/mol. The van der Waals surface area contributed by atoms with Crippen LogP contribution in [0.3, 0.4) is 0 Å². The van der Waals surface area contributed by atoms with Crippen molar-refractivity contribution in [2.75, 3.05) is 7.11 Å². The average Bonchev–Trinajstić information content (AvgIpc) is 2.95. The van der Waals surface area contributed by atoms with Gasteiger partial charge in [0.25, 0.3) is 0 Å². The highest BCUT2D eigenvalue weighted by molar-refractivity contribution is 7.89. The molecule has 2 rings (SSSR count). The van der Waals surface area contributed by atoms with E-state index >= 15 is 0 Å². The highest BCUT2D eigenvalue weighted by atomic mass is 32.2. The number of nitrogens with zero attached hydrogens (tertiary/aromatic N) is 1. The van der Waals surface area contributed by atoms with Gasteiger partial charge in [-0.15, -0.1) is 0 Å². The Morgan fingerprint density at radius 3 is 2.90 bits per heavy atom. The normalized spacial score (nSPS) is 11.5. The lowest BCUT2D eigenvalue weighted by molar-refractivity contribution is 0.277. The molecule has 20 heavy (non-hydrogen) atoms. The first-order valence-corrected chi connectivity index (χ1v) is 7.30. The van der Waals surface area contributed by atoms with Crippen LogP contribution in [0.5, 0.6) is 5.88 Å². The molecule has 108 valence electrons. The van der Waals surface area contributed by atoms with Crippen LogP contribution in [-0.4, -0.2) is 30.6 Å². The van der Waals surface area contributed by atoms with Crippen LogP contribution in [0.4, 0.5) is 0 Å². The SMILES string of the molecule is COc1cc(CNS(=O)(=O)c2c[nH]c(CO)c2)ccn1. The standard InChI is InChI=1S/C12H15N3O4S/c1-19-12-4-9(2-3-13-12)6-15-20(17,18)11-5-10(8-16)14-7-11/h2-5,7,14-16H,6,8H2,1H3. The van der Waals surface area contributed by atoms with E-state index in [0.29, 0.717) is 11.6 Å². The molecule has 2 aromatic rings. The van der Waals surface area contributed by atoms with Crippen molar-refractivity contribution in [2.45, 2.75) is 18.0 Å². The van der Waals surface area contributed by atoms with Crippen LogP contribution in [0.15, 0.2) is 35.5 Å². The van der Waals surface area contributed by atoms with Crippen molar-refractivity contribution in [3.8, 4) is 5.88 Å². The van der Waals surface area contributed by atoms with Crippen molar-refractivity contribution in [2.24, 2.45) is 0 Å². The van der Waals surface area contributed by atoms with Gasteiger partial charge in [0.1, 0.15) is 0 Å². The summed E-state index contributed by atoms with van der Waals surface area (Å²) in [5.41, 5.74) is 1.18. The summed E-state index contributed by atoms with van der Waals surface area (Å²) in [6, 6.07) is 4.73. The van der Waals surface area contributed by atoms with Crippen LogP contribution < -0.4 is 9.46 Å². The van der Waals surface area contributed by atoms with Gasteiger partial charge in [0.05, 0.1) is 18.6 Å². The molecule has 8 heteroatoms. The predicted molar refractivity (Wildman–Crippen MR) is 71.5 cm³/mol. The monoisotopic (exact) mass is 297 g/mol. The molecule has 0 fully saturated rings. The number of sulfonamides is 1. The summed E-state index contributed by atoms with van der Waals surface area (Å²) < 4.78 is 31.5. The van der Waals surface area contributed by atoms with Crippen molar-refractivity contribution < 1.29 is 18.3 Å². The number of hydrogen-bond acceptors (Lipinski definition) is 5. The lowest BCUT2D eigenvalue weighted by Crippen LogP contribution is -2.22. The number of methoxy groups -OCH3 is 1. The minimum absolute atomic E-state index is 0.0857. The number of aliphatic hydroxyl groups excluding tert-OH is 1. The number of nitrogens with one attached hydrogen (secondary N) is 2. The first-order valence-electron chi connectivity index (χ1n) is 5.82. The molecule has 2 heterocycles. The van der Waals surface area contributed by atoms with E-state index in [0.717, 1.165) is 5.56 Å². The fourth-order valence-corrected chi connectivity index (χ4v) is 2.63. The number of aromatic amines is 1. The highest BCUT2D eigenvalue weighted by Crippen LogP contribution is 2.13. The molecule has 0 amide bonds. The highest BCUT2D eigenvalue weighted by Gasteiger charge is 2.15. The van der Waals surface area contributed by atoms with Crippen molar-refractivity contribution in [3.63, 3.8) is 0 Å². The Hall–Kier alpha value is -1.90. The van der Waals surface area contributed by atoms with E-state index in [2.05, 4.69) is 14.7 Å². The van der Waals surface area contributed by atoms with Gasteiger partial charge in [-0.2, -0.15) is 0 Å². The molecule has 3 N–H and O–H groups in total. The molecule has 7 nitrogen and oxygen atoms in total. The van der Waals surface area contributed by atoms with Gasteiger partial charge in [0.15, 0.2) is 0 Å². The molecule has 0 saturated heterocycles. The van der Waals surface area contributed by atoms with Gasteiger partial charge in [-0.3, -0.25) is 0 Å². The molecule has 0 atom stereocenters. The molecular formula is C12H15N3O4S. The zero-order valence-corrected chi connectivity index (χ0v) is 11.6. The van der Waals surface area contributed by atoms with Crippen molar-refractivity contribution >= 4 is 10.0 Å². The van der Waals surface area contributed by atoms with E-state index in [9.17, 15) is 8.42 Å². The van der Waals surface area contributed by atoms with Crippen LogP contribution in [0.2, 0.25) is 0 Å². The first kappa shape index (κ1) is 14.5. The lowest BCUT2D eigenvalue weighted by atomic mass is 10.3. The van der Waals surface area contributed by atoms with Gasteiger partial charge < -0.3 is 14.8 Å². The molecule has 0 aliphatic rings. The minimum Gasteiger partial charge on any atom is -0.481 e. The third kappa shape index (κ3) is 3.35. The Labute approximate surface area is 116 Å². The summed E-state index contributed by atoms with van der Waals surface area (Å²) in [5, 5.41) is 8.91. The van der Waals surface area contributed by atoms with Crippen LogP contribution in [0.1, 0.15) is 11.3 Å². The largest absolute Gasteiger partial charge is 0.481 e. The molecule has 0 aliphatic carbocycles. The number of aliphatic hydroxyl groups is 1. The molecule has 0 bridgehead atoms. The van der Waals surface area contributed by atoms with Gasteiger partial charge >= 0.3 is 0 Å². The molecule has 0 unspecified atom stereocenters. The van der Waals surface area contributed by atoms with E-state index in [-0.39, 0.29) is 18.0 Å². The second-order valence-corrected chi connectivity index (χ2v) is 5.82. The lowest BCUT2D eigenvalue weighted by Gasteiger charge is -2.06. The zero-order valence-electron chi connectivity index (χ0n) is 10.8. The second kappa shape index (κ2) is 6.04. The number of H-pyrrole nitrogens is 1. The molecule has 0 aromatic carbocycles. The topological polar surface area (TPSA) is 104 Å². The summed E-state index contributed by atoms with van der Waals surface area (Å²) in [7, 11) is -2.13. The van der Waals surface area contributed by atoms with Gasteiger partial charge in [-0.25, -0.2) is 18.1 Å². The average molecular weight is 297 g/mol.